The van der Waals surface area contributed by atoms with Crippen molar-refractivity contribution in [2.24, 2.45) is 0 Å². The maximum atomic E-state index is 11.9. The van der Waals surface area contributed by atoms with E-state index in [0.717, 1.165) is 25.9 Å². The molecule has 1 aliphatic rings. The van der Waals surface area contributed by atoms with Gasteiger partial charge in [0.1, 0.15) is 0 Å². The van der Waals surface area contributed by atoms with E-state index in [1.165, 1.54) is 6.42 Å². The molecule has 110 valence electrons. The average molecular weight is 270 g/mol. The Morgan fingerprint density at radius 1 is 1.26 bits per heavy atom. The highest BCUT2D eigenvalue weighted by molar-refractivity contribution is 5.76. The molecule has 1 rings (SSSR count). The van der Waals surface area contributed by atoms with E-state index in [2.05, 4.69) is 5.32 Å². The van der Waals surface area contributed by atoms with Gasteiger partial charge in [-0.05, 0) is 33.1 Å². The minimum atomic E-state index is -0.190. The van der Waals surface area contributed by atoms with Gasteiger partial charge in [-0.2, -0.15) is 0 Å². The van der Waals surface area contributed by atoms with Crippen molar-refractivity contribution in [2.75, 3.05) is 26.2 Å². The first kappa shape index (κ1) is 16.0. The first-order chi connectivity index (χ1) is 9.13. The van der Waals surface area contributed by atoms with Crippen LogP contribution in [0.2, 0.25) is 0 Å². The molecule has 5 heteroatoms. The van der Waals surface area contributed by atoms with Gasteiger partial charge in [-0.3, -0.25) is 9.59 Å². The van der Waals surface area contributed by atoms with E-state index >= 15 is 0 Å². The fourth-order valence-corrected chi connectivity index (χ4v) is 2.27. The lowest BCUT2D eigenvalue weighted by atomic mass is 10.1. The predicted octanol–water partition coefficient (Wildman–Crippen LogP) is 1.32. The molecule has 0 bridgehead atoms. The first-order valence-corrected chi connectivity index (χ1v) is 7.30. The smallest absolute Gasteiger partial charge is 0.307 e. The molecule has 1 atom stereocenters. The summed E-state index contributed by atoms with van der Waals surface area (Å²) in [5, 5.41) is 3.19. The van der Waals surface area contributed by atoms with Crippen molar-refractivity contribution in [1.29, 1.82) is 0 Å². The lowest BCUT2D eigenvalue weighted by molar-refractivity contribution is -0.143. The van der Waals surface area contributed by atoms with Gasteiger partial charge in [-0.15, -0.1) is 0 Å². The fraction of sp³-hybridized carbons (Fsp3) is 0.857. The third-order valence-corrected chi connectivity index (χ3v) is 3.32. The number of carbonyl (C=O) groups is 2. The molecule has 1 amide bonds. The second-order valence-corrected chi connectivity index (χ2v) is 5.06. The molecule has 1 aliphatic heterocycles. The summed E-state index contributed by atoms with van der Waals surface area (Å²) >= 11 is 0. The van der Waals surface area contributed by atoms with E-state index in [1.54, 1.807) is 6.92 Å². The Hall–Kier alpha value is -1.10. The molecule has 1 unspecified atom stereocenters. The Morgan fingerprint density at radius 2 is 1.95 bits per heavy atom. The van der Waals surface area contributed by atoms with Crippen molar-refractivity contribution >= 4 is 11.9 Å². The molecule has 1 heterocycles. The number of ether oxygens (including phenoxy) is 1. The standard InChI is InChI=1S/C14H26N2O3/c1-3-19-14(18)11-12(2)15-8-7-13(17)16-9-5-4-6-10-16/h12,15H,3-11H2,1-2H3. The number of esters is 1. The van der Waals surface area contributed by atoms with E-state index in [1.807, 2.05) is 11.8 Å². The molecule has 0 saturated carbocycles. The van der Waals surface area contributed by atoms with Gasteiger partial charge in [0, 0.05) is 32.1 Å². The van der Waals surface area contributed by atoms with Crippen LogP contribution in [0.15, 0.2) is 0 Å². The average Bonchev–Trinajstić information content (AvgIpc) is 2.39. The van der Waals surface area contributed by atoms with E-state index in [0.29, 0.717) is 26.0 Å². The van der Waals surface area contributed by atoms with Gasteiger partial charge in [0.25, 0.3) is 0 Å². The molecule has 0 spiro atoms. The second-order valence-electron chi connectivity index (χ2n) is 5.06. The zero-order valence-electron chi connectivity index (χ0n) is 12.1. The fourth-order valence-electron chi connectivity index (χ4n) is 2.27. The molecule has 19 heavy (non-hydrogen) atoms. The van der Waals surface area contributed by atoms with E-state index < -0.39 is 0 Å². The zero-order valence-corrected chi connectivity index (χ0v) is 12.1. The summed E-state index contributed by atoms with van der Waals surface area (Å²) in [5.41, 5.74) is 0. The van der Waals surface area contributed by atoms with Crippen LogP contribution in [0.5, 0.6) is 0 Å². The summed E-state index contributed by atoms with van der Waals surface area (Å²) in [7, 11) is 0. The van der Waals surface area contributed by atoms with Crippen LogP contribution >= 0.6 is 0 Å². The molecule has 1 saturated heterocycles. The highest BCUT2D eigenvalue weighted by Crippen LogP contribution is 2.09. The van der Waals surface area contributed by atoms with Gasteiger partial charge in [-0.25, -0.2) is 0 Å². The third-order valence-electron chi connectivity index (χ3n) is 3.32. The SMILES string of the molecule is CCOC(=O)CC(C)NCCC(=O)N1CCCCC1. The second kappa shape index (κ2) is 8.91. The summed E-state index contributed by atoms with van der Waals surface area (Å²) in [4.78, 5) is 25.1. The van der Waals surface area contributed by atoms with Crippen LogP contribution in [0.4, 0.5) is 0 Å². The Morgan fingerprint density at radius 3 is 2.58 bits per heavy atom. The number of carbonyl (C=O) groups excluding carboxylic acids is 2. The summed E-state index contributed by atoms with van der Waals surface area (Å²) in [5.74, 6) is 0.0281. The molecule has 0 aromatic heterocycles. The lowest BCUT2D eigenvalue weighted by Gasteiger charge is -2.27. The summed E-state index contributed by atoms with van der Waals surface area (Å²) < 4.78 is 4.88. The number of hydrogen-bond acceptors (Lipinski definition) is 4. The minimum Gasteiger partial charge on any atom is -0.466 e. The van der Waals surface area contributed by atoms with Gasteiger partial charge < -0.3 is 15.0 Å². The third kappa shape index (κ3) is 6.57. The van der Waals surface area contributed by atoms with E-state index in [-0.39, 0.29) is 17.9 Å². The number of hydrogen-bond donors (Lipinski definition) is 1. The number of rotatable bonds is 7. The molecular weight excluding hydrogens is 244 g/mol. The number of piperidine rings is 1. The van der Waals surface area contributed by atoms with Crippen LogP contribution in [0, 0.1) is 0 Å². The zero-order chi connectivity index (χ0) is 14.1. The van der Waals surface area contributed by atoms with Gasteiger partial charge in [-0.1, -0.05) is 0 Å². The lowest BCUT2D eigenvalue weighted by Crippen LogP contribution is -2.38. The molecule has 5 nitrogen and oxygen atoms in total. The van der Waals surface area contributed by atoms with Crippen molar-refractivity contribution in [1.82, 2.24) is 10.2 Å². The maximum Gasteiger partial charge on any atom is 0.307 e. The molecule has 0 aromatic rings. The maximum absolute atomic E-state index is 11.9. The van der Waals surface area contributed by atoms with Crippen molar-refractivity contribution in [3.8, 4) is 0 Å². The van der Waals surface area contributed by atoms with Gasteiger partial charge in [0.2, 0.25) is 5.91 Å². The van der Waals surface area contributed by atoms with Crippen molar-refractivity contribution in [2.45, 2.75) is 52.0 Å². The van der Waals surface area contributed by atoms with Crippen molar-refractivity contribution in [3.63, 3.8) is 0 Å². The normalized spacial score (nSPS) is 17.1. The molecule has 1 fully saturated rings. The topological polar surface area (TPSA) is 58.6 Å². The van der Waals surface area contributed by atoms with E-state index in [4.69, 9.17) is 4.74 Å². The van der Waals surface area contributed by atoms with Gasteiger partial charge >= 0.3 is 5.97 Å². The Kier molecular flexibility index (Phi) is 7.48. The largest absolute Gasteiger partial charge is 0.466 e. The molecular formula is C14H26N2O3. The van der Waals surface area contributed by atoms with Crippen molar-refractivity contribution < 1.29 is 14.3 Å². The molecule has 0 aliphatic carbocycles. The van der Waals surface area contributed by atoms with Gasteiger partial charge in [0.15, 0.2) is 0 Å². The van der Waals surface area contributed by atoms with Crippen LogP contribution in [0.25, 0.3) is 0 Å². The Bertz CT molecular complexity index is 288. The predicted molar refractivity (Wildman–Crippen MR) is 73.8 cm³/mol. The monoisotopic (exact) mass is 270 g/mol. The minimum absolute atomic E-state index is 0.0493. The summed E-state index contributed by atoms with van der Waals surface area (Å²) in [6, 6.07) is 0.0493. The molecule has 0 aromatic carbocycles. The highest BCUT2D eigenvalue weighted by atomic mass is 16.5. The number of amides is 1. The summed E-state index contributed by atoms with van der Waals surface area (Å²) in [6.45, 7) is 6.57. The summed E-state index contributed by atoms with van der Waals surface area (Å²) in [6.07, 6.45) is 4.34. The number of likely N-dealkylation sites (tertiary alicyclic amines) is 1. The van der Waals surface area contributed by atoms with Crippen molar-refractivity contribution in [3.05, 3.63) is 0 Å². The number of nitrogens with zero attached hydrogens (tertiary/aromatic N) is 1. The Labute approximate surface area is 115 Å². The van der Waals surface area contributed by atoms with Crippen LogP contribution in [0.1, 0.15) is 46.0 Å². The molecule has 1 N–H and O–H groups in total. The number of nitrogens with one attached hydrogen (secondary N) is 1. The molecule has 0 radical (unpaired) electrons. The quantitative estimate of drug-likeness (QED) is 0.709. The van der Waals surface area contributed by atoms with Crippen LogP contribution in [0.3, 0.4) is 0 Å². The van der Waals surface area contributed by atoms with Crippen LogP contribution < -0.4 is 5.32 Å². The highest BCUT2D eigenvalue weighted by Gasteiger charge is 2.16. The van der Waals surface area contributed by atoms with E-state index in [9.17, 15) is 9.59 Å². The van der Waals surface area contributed by atoms with Gasteiger partial charge in [0.05, 0.1) is 13.0 Å². The first-order valence-electron chi connectivity index (χ1n) is 7.30. The van der Waals surface area contributed by atoms with Crippen LogP contribution in [-0.2, 0) is 14.3 Å². The van der Waals surface area contributed by atoms with Crippen LogP contribution in [-0.4, -0.2) is 49.1 Å². The Balaban J connectivity index is 2.11.